The Morgan fingerprint density at radius 1 is 0.846 bits per heavy atom. The summed E-state index contributed by atoms with van der Waals surface area (Å²) in [5.41, 5.74) is 6.01. The van der Waals surface area contributed by atoms with E-state index in [-0.39, 0.29) is 5.92 Å². The topological polar surface area (TPSA) is 54.4 Å². The van der Waals surface area contributed by atoms with Gasteiger partial charge in [0.2, 0.25) is 0 Å². The van der Waals surface area contributed by atoms with Gasteiger partial charge in [0.05, 0.1) is 14.2 Å². The van der Waals surface area contributed by atoms with E-state index in [9.17, 15) is 5.11 Å². The van der Waals surface area contributed by atoms with Gasteiger partial charge in [-0.05, 0) is 91.9 Å². The molecular weight excluding hydrogens is 488 g/mol. The van der Waals surface area contributed by atoms with Crippen molar-refractivity contribution < 1.29 is 19.3 Å². The van der Waals surface area contributed by atoms with Crippen LogP contribution in [0.3, 0.4) is 0 Å². The molecule has 0 aliphatic carbocycles. The summed E-state index contributed by atoms with van der Waals surface area (Å²) in [6.07, 6.45) is 1.74. The molecular formula is C33H46N2O4. The largest absolute Gasteiger partial charge is 0.508 e. The van der Waals surface area contributed by atoms with Gasteiger partial charge in [0.1, 0.15) is 18.1 Å². The number of benzene rings is 3. The fourth-order valence-electron chi connectivity index (χ4n) is 4.89. The summed E-state index contributed by atoms with van der Waals surface area (Å²) >= 11 is 0. The number of hydrogen-bond donors (Lipinski definition) is 1. The second kappa shape index (κ2) is 14.7. The van der Waals surface area contributed by atoms with Crippen molar-refractivity contribution in [2.45, 2.75) is 53.0 Å². The van der Waals surface area contributed by atoms with Gasteiger partial charge in [0, 0.05) is 31.4 Å². The molecule has 0 amide bonds. The molecule has 1 N–H and O–H groups in total. The Morgan fingerprint density at radius 2 is 1.54 bits per heavy atom. The van der Waals surface area contributed by atoms with Crippen molar-refractivity contribution >= 4 is 5.69 Å². The normalized spacial score (nSPS) is 11.9. The molecule has 0 heterocycles. The number of methoxy groups -OCH3 is 2. The van der Waals surface area contributed by atoms with Gasteiger partial charge in [-0.3, -0.25) is 0 Å². The molecule has 0 bridgehead atoms. The van der Waals surface area contributed by atoms with Gasteiger partial charge in [-0.25, -0.2) is 0 Å². The molecule has 3 aromatic carbocycles. The highest BCUT2D eigenvalue weighted by Crippen LogP contribution is 2.40. The van der Waals surface area contributed by atoms with Crippen LogP contribution < -0.4 is 19.1 Å². The van der Waals surface area contributed by atoms with Gasteiger partial charge in [-0.2, -0.15) is 0 Å². The standard InChI is InChI=1S/C33H46N2O4/c1-8-26-20-28(36)14-13-27(26)19-24(4)30-21-32(37-6)33(38-7)22-31(30)35(10-3)23-25-11-15-29(16-12-25)39-18-17-34(5)9-2/h11-16,20-22,24,36H,8-10,17-19,23H2,1-7H3. The molecule has 39 heavy (non-hydrogen) atoms. The van der Waals surface area contributed by atoms with Crippen molar-refractivity contribution in [2.75, 3.05) is 52.4 Å². The van der Waals surface area contributed by atoms with Gasteiger partial charge >= 0.3 is 0 Å². The zero-order chi connectivity index (χ0) is 28.4. The highest BCUT2D eigenvalue weighted by atomic mass is 16.5. The van der Waals surface area contributed by atoms with E-state index in [0.717, 1.165) is 62.0 Å². The Hall–Kier alpha value is -3.38. The Kier molecular flexibility index (Phi) is 11.4. The van der Waals surface area contributed by atoms with E-state index in [1.165, 1.54) is 22.3 Å². The van der Waals surface area contributed by atoms with E-state index >= 15 is 0 Å². The summed E-state index contributed by atoms with van der Waals surface area (Å²) in [4.78, 5) is 4.62. The highest BCUT2D eigenvalue weighted by Gasteiger charge is 2.21. The van der Waals surface area contributed by atoms with Gasteiger partial charge in [0.15, 0.2) is 11.5 Å². The first kappa shape index (κ1) is 30.2. The minimum absolute atomic E-state index is 0.223. The first-order valence-corrected chi connectivity index (χ1v) is 14.0. The monoisotopic (exact) mass is 534 g/mol. The van der Waals surface area contributed by atoms with Gasteiger partial charge in [-0.1, -0.05) is 39.0 Å². The van der Waals surface area contributed by atoms with Gasteiger partial charge < -0.3 is 29.1 Å². The molecule has 0 aromatic heterocycles. The first-order valence-electron chi connectivity index (χ1n) is 14.0. The number of nitrogens with zero attached hydrogens (tertiary/aromatic N) is 2. The number of ether oxygens (including phenoxy) is 3. The number of hydrogen-bond acceptors (Lipinski definition) is 6. The maximum absolute atomic E-state index is 9.98. The molecule has 0 radical (unpaired) electrons. The molecule has 0 saturated heterocycles. The van der Waals surface area contributed by atoms with Crippen LogP contribution >= 0.6 is 0 Å². The highest BCUT2D eigenvalue weighted by molar-refractivity contribution is 5.63. The van der Waals surface area contributed by atoms with Crippen LogP contribution in [0.15, 0.2) is 54.6 Å². The number of phenolic OH excluding ortho intramolecular Hbond substituents is 1. The number of likely N-dealkylation sites (N-methyl/N-ethyl adjacent to an activating group) is 1. The predicted molar refractivity (Wildman–Crippen MR) is 161 cm³/mol. The van der Waals surface area contributed by atoms with Crippen LogP contribution in [-0.2, 0) is 19.4 Å². The average molecular weight is 535 g/mol. The molecule has 1 atom stereocenters. The minimum atomic E-state index is 0.223. The van der Waals surface area contributed by atoms with Crippen molar-refractivity contribution in [2.24, 2.45) is 0 Å². The number of anilines is 1. The second-order valence-electron chi connectivity index (χ2n) is 10.1. The fraction of sp³-hybridized carbons (Fsp3) is 0.455. The maximum Gasteiger partial charge on any atom is 0.162 e. The molecule has 0 aliphatic heterocycles. The van der Waals surface area contributed by atoms with Crippen LogP contribution in [0, 0.1) is 0 Å². The van der Waals surface area contributed by atoms with Crippen molar-refractivity contribution in [1.82, 2.24) is 4.90 Å². The van der Waals surface area contributed by atoms with Crippen molar-refractivity contribution in [3.05, 3.63) is 76.9 Å². The molecule has 6 nitrogen and oxygen atoms in total. The molecule has 3 aromatic rings. The van der Waals surface area contributed by atoms with Crippen LogP contribution in [0.1, 0.15) is 55.9 Å². The summed E-state index contributed by atoms with van der Waals surface area (Å²) in [6, 6.07) is 18.4. The number of aryl methyl sites for hydroxylation is 1. The predicted octanol–water partition coefficient (Wildman–Crippen LogP) is 6.68. The van der Waals surface area contributed by atoms with Crippen LogP contribution in [0.5, 0.6) is 23.0 Å². The quantitative estimate of drug-likeness (QED) is 0.235. The Bertz CT molecular complexity index is 1180. The fourth-order valence-corrected chi connectivity index (χ4v) is 4.89. The van der Waals surface area contributed by atoms with E-state index in [1.54, 1.807) is 20.3 Å². The number of aromatic hydroxyl groups is 1. The zero-order valence-electron chi connectivity index (χ0n) is 24.8. The molecule has 6 heteroatoms. The third-order valence-corrected chi connectivity index (χ3v) is 7.46. The van der Waals surface area contributed by atoms with Crippen molar-refractivity contribution in [1.29, 1.82) is 0 Å². The smallest absolute Gasteiger partial charge is 0.162 e. The van der Waals surface area contributed by atoms with Crippen LogP contribution in [-0.4, -0.2) is 57.5 Å². The van der Waals surface area contributed by atoms with Crippen LogP contribution in [0.4, 0.5) is 5.69 Å². The number of phenols is 1. The maximum atomic E-state index is 9.98. The van der Waals surface area contributed by atoms with E-state index in [2.05, 4.69) is 80.9 Å². The molecule has 0 aliphatic rings. The van der Waals surface area contributed by atoms with Gasteiger partial charge in [0.25, 0.3) is 0 Å². The van der Waals surface area contributed by atoms with E-state index in [1.807, 2.05) is 12.1 Å². The summed E-state index contributed by atoms with van der Waals surface area (Å²) in [7, 11) is 5.47. The summed E-state index contributed by atoms with van der Waals surface area (Å²) in [5.74, 6) is 2.89. The third-order valence-electron chi connectivity index (χ3n) is 7.46. The van der Waals surface area contributed by atoms with E-state index < -0.39 is 0 Å². The molecule has 0 saturated carbocycles. The molecule has 1 unspecified atom stereocenters. The lowest BCUT2D eigenvalue weighted by Crippen LogP contribution is -2.24. The third kappa shape index (κ3) is 8.06. The van der Waals surface area contributed by atoms with E-state index in [4.69, 9.17) is 14.2 Å². The Labute approximate surface area is 235 Å². The molecule has 212 valence electrons. The molecule has 3 rings (SSSR count). The first-order chi connectivity index (χ1) is 18.8. The Morgan fingerprint density at radius 3 is 2.15 bits per heavy atom. The minimum Gasteiger partial charge on any atom is -0.508 e. The lowest BCUT2D eigenvalue weighted by molar-refractivity contribution is 0.244. The van der Waals surface area contributed by atoms with Crippen LogP contribution in [0.25, 0.3) is 0 Å². The van der Waals surface area contributed by atoms with E-state index in [0.29, 0.717) is 12.4 Å². The summed E-state index contributed by atoms with van der Waals surface area (Å²) < 4.78 is 17.3. The summed E-state index contributed by atoms with van der Waals surface area (Å²) in [5, 5.41) is 9.98. The number of rotatable bonds is 15. The van der Waals surface area contributed by atoms with Crippen molar-refractivity contribution in [3.8, 4) is 23.0 Å². The van der Waals surface area contributed by atoms with Gasteiger partial charge in [-0.15, -0.1) is 0 Å². The lowest BCUT2D eigenvalue weighted by Gasteiger charge is -2.29. The SMILES string of the molecule is CCc1cc(O)ccc1CC(C)c1cc(OC)c(OC)cc1N(CC)Cc1ccc(OCCN(C)CC)cc1. The zero-order valence-corrected chi connectivity index (χ0v) is 24.8. The molecule has 0 fully saturated rings. The van der Waals surface area contributed by atoms with Crippen molar-refractivity contribution in [3.63, 3.8) is 0 Å². The van der Waals surface area contributed by atoms with Crippen LogP contribution in [0.2, 0.25) is 0 Å². The summed E-state index contributed by atoms with van der Waals surface area (Å²) in [6.45, 7) is 12.9. The molecule has 0 spiro atoms. The second-order valence-corrected chi connectivity index (χ2v) is 10.1. The Balaban J connectivity index is 1.87. The average Bonchev–Trinajstić information content (AvgIpc) is 2.96. The lowest BCUT2D eigenvalue weighted by atomic mass is 9.89.